The quantitative estimate of drug-likeness (QED) is 0.662. The van der Waals surface area contributed by atoms with Crippen molar-refractivity contribution < 1.29 is 9.47 Å². The maximum absolute atomic E-state index is 5.49. The van der Waals surface area contributed by atoms with E-state index in [1.165, 1.54) is 5.56 Å². The fourth-order valence-corrected chi connectivity index (χ4v) is 1.66. The van der Waals surface area contributed by atoms with E-state index in [4.69, 9.17) is 9.47 Å². The highest BCUT2D eigenvalue weighted by molar-refractivity contribution is 5.40. The maximum atomic E-state index is 5.49. The first kappa shape index (κ1) is 8.57. The second-order valence-electron chi connectivity index (χ2n) is 3.34. The van der Waals surface area contributed by atoms with Gasteiger partial charge in [0.25, 0.3) is 0 Å². The van der Waals surface area contributed by atoms with E-state index in [1.807, 2.05) is 18.2 Å². The molecule has 0 saturated carbocycles. The summed E-state index contributed by atoms with van der Waals surface area (Å²) in [5, 5.41) is 0. The van der Waals surface area contributed by atoms with E-state index in [9.17, 15) is 0 Å². The number of benzene rings is 1. The Hall–Kier alpha value is -1.02. The molecule has 70 valence electrons. The molecule has 2 heteroatoms. The molecular formula is C11H14O2. The van der Waals surface area contributed by atoms with Crippen LogP contribution in [0, 0.1) is 0 Å². The SMILES string of the molecule is CCC1(c2ccccc2OC)CO1. The molecule has 1 aromatic rings. The fourth-order valence-electron chi connectivity index (χ4n) is 1.66. The Morgan fingerprint density at radius 1 is 1.46 bits per heavy atom. The van der Waals surface area contributed by atoms with Crippen LogP contribution in [0.25, 0.3) is 0 Å². The van der Waals surface area contributed by atoms with E-state index in [1.54, 1.807) is 7.11 Å². The number of ether oxygens (including phenoxy) is 2. The average Bonchev–Trinajstić information content (AvgIpc) is 2.98. The monoisotopic (exact) mass is 178 g/mol. The van der Waals surface area contributed by atoms with Gasteiger partial charge in [0.2, 0.25) is 0 Å². The van der Waals surface area contributed by atoms with Crippen molar-refractivity contribution >= 4 is 0 Å². The summed E-state index contributed by atoms with van der Waals surface area (Å²) >= 11 is 0. The largest absolute Gasteiger partial charge is 0.496 e. The van der Waals surface area contributed by atoms with Crippen molar-refractivity contribution in [2.24, 2.45) is 0 Å². The van der Waals surface area contributed by atoms with Gasteiger partial charge in [0, 0.05) is 5.56 Å². The molecule has 0 amide bonds. The summed E-state index contributed by atoms with van der Waals surface area (Å²) < 4.78 is 10.8. The van der Waals surface area contributed by atoms with Crippen LogP contribution in [0.1, 0.15) is 18.9 Å². The first-order valence-electron chi connectivity index (χ1n) is 4.60. The molecule has 1 unspecified atom stereocenters. The Morgan fingerprint density at radius 2 is 2.15 bits per heavy atom. The molecule has 1 atom stereocenters. The van der Waals surface area contributed by atoms with Crippen LogP contribution < -0.4 is 4.74 Å². The maximum Gasteiger partial charge on any atom is 0.125 e. The Kier molecular flexibility index (Phi) is 2.00. The molecule has 1 fully saturated rings. The van der Waals surface area contributed by atoms with Crippen molar-refractivity contribution in [3.05, 3.63) is 29.8 Å². The normalized spacial score (nSPS) is 25.7. The molecule has 1 aromatic carbocycles. The summed E-state index contributed by atoms with van der Waals surface area (Å²) in [7, 11) is 1.70. The van der Waals surface area contributed by atoms with Crippen molar-refractivity contribution in [3.63, 3.8) is 0 Å². The molecule has 1 aliphatic rings. The van der Waals surface area contributed by atoms with Gasteiger partial charge in [-0.05, 0) is 12.5 Å². The Morgan fingerprint density at radius 3 is 2.69 bits per heavy atom. The smallest absolute Gasteiger partial charge is 0.125 e. The van der Waals surface area contributed by atoms with Crippen LogP contribution in [0.4, 0.5) is 0 Å². The van der Waals surface area contributed by atoms with Crippen LogP contribution in [0.3, 0.4) is 0 Å². The first-order valence-corrected chi connectivity index (χ1v) is 4.60. The molecule has 0 aromatic heterocycles. The third-order valence-electron chi connectivity index (χ3n) is 2.66. The minimum absolute atomic E-state index is 0.0490. The molecule has 1 saturated heterocycles. The molecule has 0 bridgehead atoms. The third kappa shape index (κ3) is 1.31. The highest BCUT2D eigenvalue weighted by atomic mass is 16.6. The van der Waals surface area contributed by atoms with Crippen LogP contribution in [-0.2, 0) is 10.3 Å². The van der Waals surface area contributed by atoms with Crippen LogP contribution in [0.2, 0.25) is 0 Å². The lowest BCUT2D eigenvalue weighted by Crippen LogP contribution is -2.08. The number of rotatable bonds is 3. The van der Waals surface area contributed by atoms with Gasteiger partial charge in [0.1, 0.15) is 11.4 Å². The predicted octanol–water partition coefficient (Wildman–Crippen LogP) is 2.33. The lowest BCUT2D eigenvalue weighted by Gasteiger charge is -2.13. The predicted molar refractivity (Wildman–Crippen MR) is 50.9 cm³/mol. The lowest BCUT2D eigenvalue weighted by atomic mass is 9.96. The summed E-state index contributed by atoms with van der Waals surface area (Å²) in [6.45, 7) is 2.96. The van der Waals surface area contributed by atoms with Crippen LogP contribution in [-0.4, -0.2) is 13.7 Å². The molecule has 13 heavy (non-hydrogen) atoms. The summed E-state index contributed by atoms with van der Waals surface area (Å²) in [6, 6.07) is 8.06. The summed E-state index contributed by atoms with van der Waals surface area (Å²) in [5.74, 6) is 0.932. The topological polar surface area (TPSA) is 21.8 Å². The van der Waals surface area contributed by atoms with Crippen molar-refractivity contribution in [2.75, 3.05) is 13.7 Å². The summed E-state index contributed by atoms with van der Waals surface area (Å²) in [6.07, 6.45) is 1.01. The second-order valence-corrected chi connectivity index (χ2v) is 3.34. The molecule has 0 N–H and O–H groups in total. The number of para-hydroxylation sites is 1. The molecular weight excluding hydrogens is 164 g/mol. The van der Waals surface area contributed by atoms with Gasteiger partial charge in [0.15, 0.2) is 0 Å². The van der Waals surface area contributed by atoms with Gasteiger partial charge >= 0.3 is 0 Å². The fraction of sp³-hybridized carbons (Fsp3) is 0.455. The van der Waals surface area contributed by atoms with Crippen LogP contribution in [0.15, 0.2) is 24.3 Å². The zero-order chi connectivity index (χ0) is 9.31. The van der Waals surface area contributed by atoms with Crippen LogP contribution >= 0.6 is 0 Å². The highest BCUT2D eigenvalue weighted by Crippen LogP contribution is 2.45. The lowest BCUT2D eigenvalue weighted by molar-refractivity contribution is 0.290. The number of hydrogen-bond acceptors (Lipinski definition) is 2. The Bertz CT molecular complexity index is 303. The third-order valence-corrected chi connectivity index (χ3v) is 2.66. The molecule has 2 rings (SSSR count). The molecule has 2 nitrogen and oxygen atoms in total. The van der Waals surface area contributed by atoms with E-state index >= 15 is 0 Å². The average molecular weight is 178 g/mol. The molecule has 1 aliphatic heterocycles. The molecule has 1 heterocycles. The molecule has 0 radical (unpaired) electrons. The van der Waals surface area contributed by atoms with E-state index in [-0.39, 0.29) is 5.60 Å². The minimum Gasteiger partial charge on any atom is -0.496 e. The number of epoxide rings is 1. The van der Waals surface area contributed by atoms with E-state index in [0.29, 0.717) is 0 Å². The van der Waals surface area contributed by atoms with Gasteiger partial charge in [-0.1, -0.05) is 25.1 Å². The number of hydrogen-bond donors (Lipinski definition) is 0. The standard InChI is InChI=1S/C11H14O2/c1-3-11(8-13-11)9-6-4-5-7-10(9)12-2/h4-7H,3,8H2,1-2H3. The molecule has 0 aliphatic carbocycles. The van der Waals surface area contributed by atoms with E-state index in [0.717, 1.165) is 18.8 Å². The van der Waals surface area contributed by atoms with Gasteiger partial charge in [-0.3, -0.25) is 0 Å². The van der Waals surface area contributed by atoms with Crippen molar-refractivity contribution in [3.8, 4) is 5.75 Å². The Labute approximate surface area is 78.5 Å². The first-order chi connectivity index (χ1) is 6.32. The highest BCUT2D eigenvalue weighted by Gasteiger charge is 2.46. The number of methoxy groups -OCH3 is 1. The van der Waals surface area contributed by atoms with Crippen LogP contribution in [0.5, 0.6) is 5.75 Å². The van der Waals surface area contributed by atoms with Gasteiger partial charge in [-0.2, -0.15) is 0 Å². The van der Waals surface area contributed by atoms with Gasteiger partial charge in [-0.25, -0.2) is 0 Å². The van der Waals surface area contributed by atoms with E-state index in [2.05, 4.69) is 13.0 Å². The zero-order valence-electron chi connectivity index (χ0n) is 8.04. The van der Waals surface area contributed by atoms with E-state index < -0.39 is 0 Å². The van der Waals surface area contributed by atoms with Gasteiger partial charge in [0.05, 0.1) is 13.7 Å². The summed E-state index contributed by atoms with van der Waals surface area (Å²) in [4.78, 5) is 0. The van der Waals surface area contributed by atoms with Gasteiger partial charge < -0.3 is 9.47 Å². The second kappa shape index (κ2) is 3.04. The van der Waals surface area contributed by atoms with Crippen molar-refractivity contribution in [1.82, 2.24) is 0 Å². The van der Waals surface area contributed by atoms with Crippen molar-refractivity contribution in [1.29, 1.82) is 0 Å². The Balaban J connectivity index is 2.39. The minimum atomic E-state index is -0.0490. The van der Waals surface area contributed by atoms with Gasteiger partial charge in [-0.15, -0.1) is 0 Å². The zero-order valence-corrected chi connectivity index (χ0v) is 8.04. The molecule has 0 spiro atoms. The van der Waals surface area contributed by atoms with Crippen molar-refractivity contribution in [2.45, 2.75) is 18.9 Å². The summed E-state index contributed by atoms with van der Waals surface area (Å²) in [5.41, 5.74) is 1.13.